The third kappa shape index (κ3) is 6.66. The van der Waals surface area contributed by atoms with Gasteiger partial charge in [0.1, 0.15) is 0 Å². The number of hydrogen-bond donors (Lipinski definition) is 0. The van der Waals surface area contributed by atoms with E-state index in [0.29, 0.717) is 19.1 Å². The summed E-state index contributed by atoms with van der Waals surface area (Å²) in [7, 11) is 3.13. The molecule has 0 spiro atoms. The summed E-state index contributed by atoms with van der Waals surface area (Å²) >= 11 is 0. The first-order chi connectivity index (χ1) is 6.24. The van der Waals surface area contributed by atoms with E-state index in [1.807, 2.05) is 0 Å². The minimum Gasteiger partial charge on any atom is -0.356 e. The second kappa shape index (κ2) is 8.13. The van der Waals surface area contributed by atoms with Gasteiger partial charge in [-0.25, -0.2) is 4.39 Å². The van der Waals surface area contributed by atoms with E-state index in [0.717, 1.165) is 12.8 Å². The van der Waals surface area contributed by atoms with Crippen molar-refractivity contribution in [3.8, 4) is 0 Å². The van der Waals surface area contributed by atoms with Gasteiger partial charge in [-0.2, -0.15) is 0 Å². The number of carbonyl (C=O) groups excluding carboxylic acids is 1. The van der Waals surface area contributed by atoms with Crippen molar-refractivity contribution in [2.24, 2.45) is 0 Å². The van der Waals surface area contributed by atoms with Crippen LogP contribution in [0.15, 0.2) is 0 Å². The van der Waals surface area contributed by atoms with E-state index in [1.54, 1.807) is 14.2 Å². The van der Waals surface area contributed by atoms with Crippen LogP contribution in [-0.4, -0.2) is 33.0 Å². The number of methoxy groups -OCH3 is 2. The molecule has 78 valence electrons. The summed E-state index contributed by atoms with van der Waals surface area (Å²) in [6.45, 7) is 0. The molecule has 4 heteroatoms. The fourth-order valence-electron chi connectivity index (χ4n) is 1.05. The molecule has 0 N–H and O–H groups in total. The average Bonchev–Trinajstić information content (AvgIpc) is 2.18. The molecule has 1 unspecified atom stereocenters. The molecule has 0 amide bonds. The van der Waals surface area contributed by atoms with Crippen LogP contribution in [0.2, 0.25) is 0 Å². The molecular weight excluding hydrogens is 175 g/mol. The van der Waals surface area contributed by atoms with E-state index >= 15 is 0 Å². The lowest BCUT2D eigenvalue weighted by Crippen LogP contribution is -2.12. The average molecular weight is 192 g/mol. The summed E-state index contributed by atoms with van der Waals surface area (Å²) in [5, 5.41) is 0. The fraction of sp³-hybridized carbons (Fsp3) is 0.889. The lowest BCUT2D eigenvalue weighted by Gasteiger charge is -2.12. The summed E-state index contributed by atoms with van der Waals surface area (Å²) < 4.78 is 22.3. The van der Waals surface area contributed by atoms with E-state index in [9.17, 15) is 9.18 Å². The first-order valence-corrected chi connectivity index (χ1v) is 4.39. The van der Waals surface area contributed by atoms with Crippen molar-refractivity contribution in [2.45, 2.75) is 38.1 Å². The van der Waals surface area contributed by atoms with Gasteiger partial charge in [0.05, 0.1) is 0 Å². The molecule has 0 heterocycles. The molecule has 0 aromatic rings. The molecule has 0 aliphatic rings. The van der Waals surface area contributed by atoms with E-state index in [-0.39, 0.29) is 6.29 Å². The first kappa shape index (κ1) is 12.5. The Hall–Kier alpha value is -0.480. The van der Waals surface area contributed by atoms with Gasteiger partial charge < -0.3 is 14.3 Å². The highest BCUT2D eigenvalue weighted by molar-refractivity contribution is 5.55. The maximum atomic E-state index is 12.4. The number of carbonyl (C=O) groups is 1. The molecule has 0 radical (unpaired) electrons. The van der Waals surface area contributed by atoms with Crippen molar-refractivity contribution < 1.29 is 18.7 Å². The molecule has 0 aromatic carbocycles. The van der Waals surface area contributed by atoms with Crippen molar-refractivity contribution in [3.05, 3.63) is 0 Å². The van der Waals surface area contributed by atoms with Crippen LogP contribution in [0.5, 0.6) is 0 Å². The van der Waals surface area contributed by atoms with Gasteiger partial charge in [0.25, 0.3) is 0 Å². The van der Waals surface area contributed by atoms with E-state index < -0.39 is 6.17 Å². The van der Waals surface area contributed by atoms with Crippen molar-refractivity contribution >= 4 is 6.29 Å². The molecule has 0 aromatic heterocycles. The molecule has 0 saturated carbocycles. The van der Waals surface area contributed by atoms with Crippen LogP contribution in [0.25, 0.3) is 0 Å². The molecule has 0 fully saturated rings. The standard InChI is InChI=1S/C9H17FO3/c1-12-9(13-2)6-4-3-5-8(10)7-11/h7-9H,3-6H2,1-2H3. The predicted octanol–water partition coefficient (Wildman–Crippen LogP) is 1.70. The Morgan fingerprint density at radius 3 is 2.23 bits per heavy atom. The van der Waals surface area contributed by atoms with Crippen LogP contribution < -0.4 is 0 Å². The zero-order valence-corrected chi connectivity index (χ0v) is 8.16. The van der Waals surface area contributed by atoms with Crippen molar-refractivity contribution in [1.82, 2.24) is 0 Å². The number of ether oxygens (including phenoxy) is 2. The molecule has 0 bridgehead atoms. The lowest BCUT2D eigenvalue weighted by atomic mass is 10.1. The molecule has 1 atom stereocenters. The van der Waals surface area contributed by atoms with Crippen LogP contribution in [0.1, 0.15) is 25.7 Å². The van der Waals surface area contributed by atoms with Crippen molar-refractivity contribution in [3.63, 3.8) is 0 Å². The topological polar surface area (TPSA) is 35.5 Å². The van der Waals surface area contributed by atoms with Gasteiger partial charge in [-0.3, -0.25) is 0 Å². The Morgan fingerprint density at radius 2 is 1.77 bits per heavy atom. The highest BCUT2D eigenvalue weighted by atomic mass is 19.1. The Kier molecular flexibility index (Phi) is 7.83. The smallest absolute Gasteiger partial charge is 0.156 e. The van der Waals surface area contributed by atoms with Crippen LogP contribution in [-0.2, 0) is 14.3 Å². The molecule has 3 nitrogen and oxygen atoms in total. The number of hydrogen-bond acceptors (Lipinski definition) is 3. The van der Waals surface area contributed by atoms with Crippen molar-refractivity contribution in [2.75, 3.05) is 14.2 Å². The van der Waals surface area contributed by atoms with E-state index in [4.69, 9.17) is 9.47 Å². The SMILES string of the molecule is COC(CCCCC(F)C=O)OC. The van der Waals surface area contributed by atoms with E-state index in [1.165, 1.54) is 0 Å². The third-order valence-corrected chi connectivity index (χ3v) is 1.84. The van der Waals surface area contributed by atoms with Gasteiger partial charge in [-0.1, -0.05) is 0 Å². The minimum absolute atomic E-state index is 0.214. The fourth-order valence-corrected chi connectivity index (χ4v) is 1.05. The Morgan fingerprint density at radius 1 is 1.23 bits per heavy atom. The first-order valence-electron chi connectivity index (χ1n) is 4.39. The molecule has 0 saturated heterocycles. The van der Waals surface area contributed by atoms with Gasteiger partial charge >= 0.3 is 0 Å². The normalized spacial score (nSPS) is 13.2. The second-order valence-corrected chi connectivity index (χ2v) is 2.84. The Bertz CT molecular complexity index is 126. The van der Waals surface area contributed by atoms with Crippen LogP contribution in [0, 0.1) is 0 Å². The molecule has 0 aliphatic heterocycles. The Labute approximate surface area is 78.2 Å². The Balaban J connectivity index is 3.28. The second-order valence-electron chi connectivity index (χ2n) is 2.84. The quantitative estimate of drug-likeness (QED) is 0.333. The van der Waals surface area contributed by atoms with E-state index in [2.05, 4.69) is 0 Å². The number of alkyl halides is 1. The maximum Gasteiger partial charge on any atom is 0.156 e. The number of unbranched alkanes of at least 4 members (excludes halogenated alkanes) is 1. The summed E-state index contributed by atoms with van der Waals surface area (Å²) in [4.78, 5) is 9.92. The van der Waals surface area contributed by atoms with Gasteiger partial charge in [-0.05, 0) is 25.7 Å². The molecule has 0 rings (SSSR count). The van der Waals surface area contributed by atoms with Gasteiger partial charge in [0.15, 0.2) is 18.7 Å². The molecule has 0 aliphatic carbocycles. The maximum absolute atomic E-state index is 12.4. The van der Waals surface area contributed by atoms with Crippen LogP contribution in [0.3, 0.4) is 0 Å². The summed E-state index contributed by atoms with van der Waals surface area (Å²) in [6.07, 6.45) is 1.33. The molecule has 13 heavy (non-hydrogen) atoms. The highest BCUT2D eigenvalue weighted by Gasteiger charge is 2.06. The largest absolute Gasteiger partial charge is 0.356 e. The summed E-state index contributed by atoms with van der Waals surface area (Å²) in [5.74, 6) is 0. The van der Waals surface area contributed by atoms with Gasteiger partial charge in [-0.15, -0.1) is 0 Å². The number of aldehydes is 1. The third-order valence-electron chi connectivity index (χ3n) is 1.84. The molecular formula is C9H17FO3. The van der Waals surface area contributed by atoms with Crippen molar-refractivity contribution in [1.29, 1.82) is 0 Å². The van der Waals surface area contributed by atoms with Crippen LogP contribution >= 0.6 is 0 Å². The number of rotatable bonds is 8. The zero-order valence-electron chi connectivity index (χ0n) is 8.16. The number of halogens is 1. The summed E-state index contributed by atoms with van der Waals surface area (Å²) in [5.41, 5.74) is 0. The van der Waals surface area contributed by atoms with Gasteiger partial charge in [0, 0.05) is 14.2 Å². The highest BCUT2D eigenvalue weighted by Crippen LogP contribution is 2.09. The zero-order chi connectivity index (χ0) is 10.1. The van der Waals surface area contributed by atoms with Crippen LogP contribution in [0.4, 0.5) is 4.39 Å². The van der Waals surface area contributed by atoms with Gasteiger partial charge in [0.2, 0.25) is 0 Å². The lowest BCUT2D eigenvalue weighted by molar-refractivity contribution is -0.112. The monoisotopic (exact) mass is 192 g/mol. The predicted molar refractivity (Wildman–Crippen MR) is 47.2 cm³/mol. The summed E-state index contributed by atoms with van der Waals surface area (Å²) in [6, 6.07) is 0. The minimum atomic E-state index is -1.32.